The highest BCUT2D eigenvalue weighted by molar-refractivity contribution is 5.83. The number of hydrogen-bond donors (Lipinski definition) is 3. The molecule has 2 aliphatic carbocycles. The Morgan fingerprint density at radius 3 is 2.20 bits per heavy atom. The van der Waals surface area contributed by atoms with Gasteiger partial charge in [-0.2, -0.15) is 0 Å². The summed E-state index contributed by atoms with van der Waals surface area (Å²) in [7, 11) is 0. The summed E-state index contributed by atoms with van der Waals surface area (Å²) in [6, 6.07) is 16.0. The maximum absolute atomic E-state index is 12.1. The maximum atomic E-state index is 12.1. The quantitative estimate of drug-likeness (QED) is 0.682. The fraction of sp³-hybridized carbons (Fsp3) is 0.348. The van der Waals surface area contributed by atoms with Crippen LogP contribution in [0.15, 0.2) is 48.5 Å². The average molecular weight is 408 g/mol. The Bertz CT molecular complexity index is 928. The Balaban J connectivity index is 1.27. The van der Waals surface area contributed by atoms with E-state index >= 15 is 0 Å². The van der Waals surface area contributed by atoms with Gasteiger partial charge in [-0.15, -0.1) is 0 Å². The lowest BCUT2D eigenvalue weighted by atomic mass is 9.98. The van der Waals surface area contributed by atoms with E-state index in [0.717, 1.165) is 22.3 Å². The lowest BCUT2D eigenvalue weighted by Gasteiger charge is -2.15. The van der Waals surface area contributed by atoms with Crippen molar-refractivity contribution in [2.24, 2.45) is 5.92 Å². The lowest BCUT2D eigenvalue weighted by molar-refractivity contribution is -0.141. The third kappa shape index (κ3) is 4.15. The largest absolute Gasteiger partial charge is 0.481 e. The zero-order valence-corrected chi connectivity index (χ0v) is 16.5. The van der Waals surface area contributed by atoms with Gasteiger partial charge >= 0.3 is 12.1 Å². The van der Waals surface area contributed by atoms with Crippen LogP contribution in [-0.2, 0) is 14.3 Å². The zero-order chi connectivity index (χ0) is 21.1. The van der Waals surface area contributed by atoms with E-state index in [1.165, 1.54) is 0 Å². The molecule has 2 amide bonds. The number of amides is 2. The van der Waals surface area contributed by atoms with Crippen LogP contribution in [0.2, 0.25) is 0 Å². The second-order valence-electron chi connectivity index (χ2n) is 7.79. The van der Waals surface area contributed by atoms with Gasteiger partial charge < -0.3 is 20.5 Å². The van der Waals surface area contributed by atoms with Gasteiger partial charge in [0.2, 0.25) is 5.91 Å². The van der Waals surface area contributed by atoms with Crippen molar-refractivity contribution in [1.29, 1.82) is 0 Å². The van der Waals surface area contributed by atoms with E-state index in [1.807, 2.05) is 36.4 Å². The third-order valence-corrected chi connectivity index (χ3v) is 5.88. The lowest BCUT2D eigenvalue weighted by Crippen LogP contribution is -2.41. The molecule has 0 radical (unpaired) electrons. The van der Waals surface area contributed by atoms with Crippen molar-refractivity contribution in [3.8, 4) is 11.1 Å². The molecule has 30 heavy (non-hydrogen) atoms. The van der Waals surface area contributed by atoms with E-state index in [-0.39, 0.29) is 31.0 Å². The molecule has 0 spiro atoms. The summed E-state index contributed by atoms with van der Waals surface area (Å²) in [5, 5.41) is 14.3. The van der Waals surface area contributed by atoms with Crippen LogP contribution in [-0.4, -0.2) is 42.3 Å². The van der Waals surface area contributed by atoms with Gasteiger partial charge in [0, 0.05) is 12.0 Å². The van der Waals surface area contributed by atoms with E-state index in [2.05, 4.69) is 22.8 Å². The molecule has 0 aliphatic heterocycles. The van der Waals surface area contributed by atoms with Gasteiger partial charge in [0.1, 0.15) is 13.2 Å². The molecule has 3 N–H and O–H groups in total. The maximum Gasteiger partial charge on any atom is 0.407 e. The fourth-order valence-electron chi connectivity index (χ4n) is 4.42. The highest BCUT2D eigenvalue weighted by atomic mass is 16.5. The summed E-state index contributed by atoms with van der Waals surface area (Å²) in [6.07, 6.45) is 0.960. The molecule has 7 nitrogen and oxygen atoms in total. The molecule has 1 saturated carbocycles. The Hall–Kier alpha value is -3.35. The minimum absolute atomic E-state index is 0.0385. The first kappa shape index (κ1) is 19.9. The minimum Gasteiger partial charge on any atom is -0.481 e. The van der Waals surface area contributed by atoms with Crippen LogP contribution in [0.3, 0.4) is 0 Å². The molecule has 2 aliphatic rings. The number of hydrogen-bond acceptors (Lipinski definition) is 4. The van der Waals surface area contributed by atoms with E-state index in [1.54, 1.807) is 0 Å². The number of ether oxygens (including phenoxy) is 1. The van der Waals surface area contributed by atoms with Crippen LogP contribution in [0.25, 0.3) is 11.1 Å². The summed E-state index contributed by atoms with van der Waals surface area (Å²) in [5.74, 6) is -1.63. The second kappa shape index (κ2) is 8.57. The number of aliphatic carboxylic acids is 1. The molecule has 2 atom stereocenters. The highest BCUT2D eigenvalue weighted by Gasteiger charge is 2.31. The Labute approximate surface area is 174 Å². The minimum atomic E-state index is -0.830. The molecule has 156 valence electrons. The number of fused-ring (bicyclic) bond motifs is 3. The van der Waals surface area contributed by atoms with Gasteiger partial charge in [0.15, 0.2) is 0 Å². The number of carboxylic acids is 1. The second-order valence-corrected chi connectivity index (χ2v) is 7.79. The third-order valence-electron chi connectivity index (χ3n) is 5.88. The van der Waals surface area contributed by atoms with Crippen LogP contribution in [0.4, 0.5) is 4.79 Å². The van der Waals surface area contributed by atoms with Crippen LogP contribution in [0, 0.1) is 5.92 Å². The van der Waals surface area contributed by atoms with Crippen LogP contribution in [0.1, 0.15) is 36.3 Å². The van der Waals surface area contributed by atoms with Crippen molar-refractivity contribution < 1.29 is 24.2 Å². The Morgan fingerprint density at radius 2 is 1.60 bits per heavy atom. The first-order valence-electron chi connectivity index (χ1n) is 10.1. The van der Waals surface area contributed by atoms with E-state index < -0.39 is 18.0 Å². The van der Waals surface area contributed by atoms with E-state index in [9.17, 15) is 14.4 Å². The number of benzene rings is 2. The number of alkyl carbamates (subject to hydrolysis) is 1. The summed E-state index contributed by atoms with van der Waals surface area (Å²) in [6.45, 7) is -0.0185. The first-order valence-corrected chi connectivity index (χ1v) is 10.1. The Morgan fingerprint density at radius 1 is 0.967 bits per heavy atom. The van der Waals surface area contributed by atoms with Gasteiger partial charge in [-0.25, -0.2) is 4.79 Å². The number of carboxylic acid groups (broad SMARTS) is 1. The normalized spacial score (nSPS) is 19.6. The molecule has 0 aromatic heterocycles. The Kier molecular flexibility index (Phi) is 5.70. The summed E-state index contributed by atoms with van der Waals surface area (Å²) in [5.41, 5.74) is 4.55. The van der Waals surface area contributed by atoms with Gasteiger partial charge in [0.25, 0.3) is 0 Å². The van der Waals surface area contributed by atoms with Crippen molar-refractivity contribution >= 4 is 18.0 Å². The molecule has 0 bridgehead atoms. The predicted octanol–water partition coefficient (Wildman–Crippen LogP) is 2.89. The summed E-state index contributed by atoms with van der Waals surface area (Å²) in [4.78, 5) is 35.2. The highest BCUT2D eigenvalue weighted by Crippen LogP contribution is 2.44. The summed E-state index contributed by atoms with van der Waals surface area (Å²) < 4.78 is 5.40. The van der Waals surface area contributed by atoms with Crippen molar-refractivity contribution in [3.05, 3.63) is 59.7 Å². The van der Waals surface area contributed by atoms with Gasteiger partial charge in [-0.3, -0.25) is 9.59 Å². The molecule has 0 saturated heterocycles. The number of nitrogens with one attached hydrogen (secondary N) is 2. The topological polar surface area (TPSA) is 105 Å². The molecule has 1 fully saturated rings. The molecular weight excluding hydrogens is 384 g/mol. The molecule has 2 aromatic carbocycles. The van der Waals surface area contributed by atoms with Crippen molar-refractivity contribution in [2.45, 2.75) is 31.2 Å². The SMILES string of the molecule is O=C(CNC(=O)OCC1c2ccccc2-c2ccccc21)N[C@H]1CC[C@@H](C(=O)O)C1. The molecular formula is C23H24N2O5. The molecule has 0 heterocycles. The predicted molar refractivity (Wildman–Crippen MR) is 110 cm³/mol. The van der Waals surface area contributed by atoms with E-state index in [4.69, 9.17) is 9.84 Å². The standard InChI is InChI=1S/C23H24N2O5/c26-21(25-15-10-9-14(11-15)22(27)28)12-24-23(29)30-13-20-18-7-3-1-5-16(18)17-6-2-4-8-19(17)20/h1-8,14-15,20H,9-13H2,(H,24,29)(H,25,26)(H,27,28)/t14-,15+/m1/s1. The fourth-order valence-corrected chi connectivity index (χ4v) is 4.42. The summed E-state index contributed by atoms with van der Waals surface area (Å²) >= 11 is 0. The van der Waals surface area contributed by atoms with Crippen LogP contribution < -0.4 is 10.6 Å². The zero-order valence-electron chi connectivity index (χ0n) is 16.5. The van der Waals surface area contributed by atoms with Crippen molar-refractivity contribution in [2.75, 3.05) is 13.2 Å². The van der Waals surface area contributed by atoms with Gasteiger partial charge in [-0.05, 0) is 41.5 Å². The smallest absolute Gasteiger partial charge is 0.407 e. The number of rotatable bonds is 6. The average Bonchev–Trinajstić information content (AvgIpc) is 3.34. The molecule has 7 heteroatoms. The van der Waals surface area contributed by atoms with Crippen LogP contribution in [0.5, 0.6) is 0 Å². The number of carbonyl (C=O) groups excluding carboxylic acids is 2. The van der Waals surface area contributed by atoms with Crippen molar-refractivity contribution in [1.82, 2.24) is 10.6 Å². The molecule has 2 aromatic rings. The molecule has 0 unspecified atom stereocenters. The molecule has 4 rings (SSSR count). The van der Waals surface area contributed by atoms with Crippen LogP contribution >= 0.6 is 0 Å². The monoisotopic (exact) mass is 408 g/mol. The van der Waals surface area contributed by atoms with E-state index in [0.29, 0.717) is 19.3 Å². The number of carbonyl (C=O) groups is 3. The van der Waals surface area contributed by atoms with Gasteiger partial charge in [-0.1, -0.05) is 48.5 Å². The first-order chi connectivity index (χ1) is 14.5. The van der Waals surface area contributed by atoms with Gasteiger partial charge in [0.05, 0.1) is 5.92 Å². The van der Waals surface area contributed by atoms with Crippen molar-refractivity contribution in [3.63, 3.8) is 0 Å².